The van der Waals surface area contributed by atoms with Crippen LogP contribution in [0.15, 0.2) is 24.4 Å². The van der Waals surface area contributed by atoms with E-state index >= 15 is 0 Å². The molecule has 0 unspecified atom stereocenters. The second-order valence-corrected chi connectivity index (χ2v) is 4.76. The number of aromatic nitrogens is 3. The van der Waals surface area contributed by atoms with Gasteiger partial charge in [0.2, 0.25) is 5.91 Å². The molecule has 0 saturated carbocycles. The summed E-state index contributed by atoms with van der Waals surface area (Å²) < 4.78 is 1.87. The normalized spacial score (nSPS) is 10.7. The van der Waals surface area contributed by atoms with Gasteiger partial charge in [0.05, 0.1) is 6.54 Å². The number of nitrogens with one attached hydrogen (secondary N) is 1. The Kier molecular flexibility index (Phi) is 4.69. The number of carbonyl (C=O) groups excluding carboxylic acids is 1. The molecule has 0 spiro atoms. The maximum atomic E-state index is 11.6. The van der Waals surface area contributed by atoms with Crippen LogP contribution >= 0.6 is 15.9 Å². The molecule has 2 rings (SSSR count). The van der Waals surface area contributed by atoms with Crippen molar-refractivity contribution in [2.75, 3.05) is 5.33 Å². The molecule has 2 aromatic rings. The number of hydrogen-bond donors (Lipinski definition) is 1. The quantitative estimate of drug-likeness (QED) is 0.655. The number of rotatable bonds is 6. The highest BCUT2D eigenvalue weighted by Gasteiger charge is 2.06. The molecule has 0 saturated heterocycles. The van der Waals surface area contributed by atoms with Gasteiger partial charge < -0.3 is 5.32 Å². The van der Waals surface area contributed by atoms with Gasteiger partial charge in [-0.05, 0) is 25.0 Å². The Bertz CT molecular complexity index is 526. The van der Waals surface area contributed by atoms with Crippen molar-refractivity contribution in [2.24, 2.45) is 0 Å². The standard InChI is InChI=1S/C12H15BrN4O/c13-7-3-1-6-12(18)14-9-11-16-15-10-5-2-4-8-17(10)11/h2,4-5,8H,1,3,6-7,9H2,(H,14,18). The average Bonchev–Trinajstić information content (AvgIpc) is 2.80. The van der Waals surface area contributed by atoms with Crippen molar-refractivity contribution in [3.05, 3.63) is 30.2 Å². The van der Waals surface area contributed by atoms with E-state index in [1.165, 1.54) is 0 Å². The third-order valence-electron chi connectivity index (χ3n) is 2.62. The zero-order valence-electron chi connectivity index (χ0n) is 9.97. The van der Waals surface area contributed by atoms with Crippen molar-refractivity contribution >= 4 is 27.5 Å². The summed E-state index contributed by atoms with van der Waals surface area (Å²) in [5.74, 6) is 0.808. The van der Waals surface area contributed by atoms with Crippen LogP contribution in [0.2, 0.25) is 0 Å². The number of hydrogen-bond acceptors (Lipinski definition) is 3. The number of unbranched alkanes of at least 4 members (excludes halogenated alkanes) is 1. The number of pyridine rings is 1. The molecule has 2 aromatic heterocycles. The molecule has 0 aromatic carbocycles. The minimum atomic E-state index is 0.0589. The third-order valence-corrected chi connectivity index (χ3v) is 3.18. The van der Waals surface area contributed by atoms with Crippen molar-refractivity contribution in [1.82, 2.24) is 19.9 Å². The van der Waals surface area contributed by atoms with Gasteiger partial charge in [0.15, 0.2) is 11.5 Å². The molecule has 0 fully saturated rings. The number of fused-ring (bicyclic) bond motifs is 1. The zero-order chi connectivity index (χ0) is 12.8. The predicted octanol–water partition coefficient (Wildman–Crippen LogP) is 1.91. The number of halogens is 1. The first-order valence-corrected chi connectivity index (χ1v) is 7.04. The molecule has 0 aliphatic rings. The van der Waals surface area contributed by atoms with Crippen LogP contribution in [0, 0.1) is 0 Å². The van der Waals surface area contributed by atoms with Gasteiger partial charge in [-0.2, -0.15) is 0 Å². The summed E-state index contributed by atoms with van der Waals surface area (Å²) in [5, 5.41) is 11.9. The molecule has 18 heavy (non-hydrogen) atoms. The molecule has 0 bridgehead atoms. The lowest BCUT2D eigenvalue weighted by molar-refractivity contribution is -0.121. The second-order valence-electron chi connectivity index (χ2n) is 3.97. The highest BCUT2D eigenvalue weighted by Crippen LogP contribution is 2.03. The molecule has 1 N–H and O–H groups in total. The molecule has 0 radical (unpaired) electrons. The Hall–Kier alpha value is -1.43. The molecular formula is C12H15BrN4O. The minimum absolute atomic E-state index is 0.0589. The van der Waals surface area contributed by atoms with Crippen LogP contribution < -0.4 is 5.32 Å². The summed E-state index contributed by atoms with van der Waals surface area (Å²) in [6.45, 7) is 0.415. The van der Waals surface area contributed by atoms with E-state index < -0.39 is 0 Å². The first kappa shape index (κ1) is 13.0. The zero-order valence-corrected chi connectivity index (χ0v) is 11.6. The molecule has 5 nitrogen and oxygen atoms in total. The molecule has 6 heteroatoms. The van der Waals surface area contributed by atoms with E-state index in [0.29, 0.717) is 13.0 Å². The van der Waals surface area contributed by atoms with E-state index in [2.05, 4.69) is 31.4 Å². The highest BCUT2D eigenvalue weighted by molar-refractivity contribution is 9.09. The molecule has 96 valence electrons. The average molecular weight is 311 g/mol. The minimum Gasteiger partial charge on any atom is -0.349 e. The van der Waals surface area contributed by atoms with Gasteiger partial charge in [-0.15, -0.1) is 10.2 Å². The van der Waals surface area contributed by atoms with Crippen LogP contribution in [0.1, 0.15) is 25.1 Å². The number of alkyl halides is 1. The van der Waals surface area contributed by atoms with Crippen LogP contribution in [0.5, 0.6) is 0 Å². The number of nitrogens with zero attached hydrogens (tertiary/aromatic N) is 3. The fourth-order valence-electron chi connectivity index (χ4n) is 1.66. The number of carbonyl (C=O) groups is 1. The van der Waals surface area contributed by atoms with Crippen molar-refractivity contribution in [3.8, 4) is 0 Å². The predicted molar refractivity (Wildman–Crippen MR) is 72.5 cm³/mol. The SMILES string of the molecule is O=C(CCCCBr)NCc1nnc2ccccn12. The maximum absolute atomic E-state index is 11.6. The highest BCUT2D eigenvalue weighted by atomic mass is 79.9. The van der Waals surface area contributed by atoms with Crippen LogP contribution in [0.3, 0.4) is 0 Å². The summed E-state index contributed by atoms with van der Waals surface area (Å²) in [7, 11) is 0. The van der Waals surface area contributed by atoms with Crippen molar-refractivity contribution in [2.45, 2.75) is 25.8 Å². The first-order chi connectivity index (χ1) is 8.81. The summed E-state index contributed by atoms with van der Waals surface area (Å²) in [6.07, 6.45) is 4.36. The molecule has 0 aliphatic heterocycles. The lowest BCUT2D eigenvalue weighted by Gasteiger charge is -2.03. The van der Waals surface area contributed by atoms with E-state index in [1.54, 1.807) is 0 Å². The van der Waals surface area contributed by atoms with Crippen molar-refractivity contribution < 1.29 is 4.79 Å². The Balaban J connectivity index is 1.88. The third kappa shape index (κ3) is 3.29. The van der Waals surface area contributed by atoms with Crippen molar-refractivity contribution in [1.29, 1.82) is 0 Å². The summed E-state index contributed by atoms with van der Waals surface area (Å²) in [6, 6.07) is 5.71. The second kappa shape index (κ2) is 6.49. The van der Waals surface area contributed by atoms with Gasteiger partial charge in [-0.25, -0.2) is 0 Å². The van der Waals surface area contributed by atoms with Crippen LogP contribution in [0.25, 0.3) is 5.65 Å². The summed E-state index contributed by atoms with van der Waals surface area (Å²) >= 11 is 3.34. The van der Waals surface area contributed by atoms with E-state index in [4.69, 9.17) is 0 Å². The van der Waals surface area contributed by atoms with Crippen LogP contribution in [0.4, 0.5) is 0 Å². The Morgan fingerprint density at radius 2 is 2.22 bits per heavy atom. The number of amides is 1. The molecule has 0 atom stereocenters. The molecule has 2 heterocycles. The van der Waals surface area contributed by atoms with Gasteiger partial charge in [-0.1, -0.05) is 22.0 Å². The Morgan fingerprint density at radius 3 is 3.06 bits per heavy atom. The maximum Gasteiger partial charge on any atom is 0.220 e. The molecular weight excluding hydrogens is 296 g/mol. The van der Waals surface area contributed by atoms with E-state index in [1.807, 2.05) is 28.8 Å². The van der Waals surface area contributed by atoms with Gasteiger partial charge >= 0.3 is 0 Å². The first-order valence-electron chi connectivity index (χ1n) is 5.92. The lowest BCUT2D eigenvalue weighted by Crippen LogP contribution is -2.23. The fraction of sp³-hybridized carbons (Fsp3) is 0.417. The van der Waals surface area contributed by atoms with Gasteiger partial charge in [-0.3, -0.25) is 9.20 Å². The van der Waals surface area contributed by atoms with E-state index in [0.717, 1.165) is 29.6 Å². The Morgan fingerprint density at radius 1 is 1.33 bits per heavy atom. The monoisotopic (exact) mass is 310 g/mol. The molecule has 0 aliphatic carbocycles. The van der Waals surface area contributed by atoms with Crippen molar-refractivity contribution in [3.63, 3.8) is 0 Å². The molecule has 1 amide bonds. The van der Waals surface area contributed by atoms with Crippen LogP contribution in [-0.2, 0) is 11.3 Å². The largest absolute Gasteiger partial charge is 0.349 e. The van der Waals surface area contributed by atoms with E-state index in [-0.39, 0.29) is 5.91 Å². The summed E-state index contributed by atoms with van der Waals surface area (Å²) in [4.78, 5) is 11.6. The fourth-order valence-corrected chi connectivity index (χ4v) is 2.05. The van der Waals surface area contributed by atoms with Gasteiger partial charge in [0, 0.05) is 17.9 Å². The van der Waals surface area contributed by atoms with Gasteiger partial charge in [0.1, 0.15) is 0 Å². The Labute approximate surface area is 114 Å². The topological polar surface area (TPSA) is 59.3 Å². The van der Waals surface area contributed by atoms with Gasteiger partial charge in [0.25, 0.3) is 0 Å². The lowest BCUT2D eigenvalue weighted by atomic mass is 10.2. The smallest absolute Gasteiger partial charge is 0.220 e. The van der Waals surface area contributed by atoms with E-state index in [9.17, 15) is 4.79 Å². The van der Waals surface area contributed by atoms with Crippen LogP contribution in [-0.4, -0.2) is 25.8 Å². The summed E-state index contributed by atoms with van der Waals surface area (Å²) in [5.41, 5.74) is 0.793.